The number of halogens is 1. The summed E-state index contributed by atoms with van der Waals surface area (Å²) in [5.41, 5.74) is 2.86. The van der Waals surface area contributed by atoms with Crippen LogP contribution >= 0.6 is 11.6 Å². The molecule has 1 aliphatic heterocycles. The number of imide groups is 2. The fourth-order valence-electron chi connectivity index (χ4n) is 3.98. The standard InChI is InChI=1S/C29H27ClN2O6/c1-4-36-26-17-20(5-10-25(26)38-12-11-37-23-14-18(2)13-19(3)15-23)16-24-27(33)31-29(35)32(28(24)34)22-8-6-21(30)7-9-22/h5-10,13-17H,4,11-12H2,1-3H3,(H,31,33,35). The monoisotopic (exact) mass is 534 g/mol. The van der Waals surface area contributed by atoms with Gasteiger partial charge in [-0.1, -0.05) is 23.7 Å². The first kappa shape index (κ1) is 26.8. The van der Waals surface area contributed by atoms with E-state index in [1.807, 2.05) is 32.9 Å². The summed E-state index contributed by atoms with van der Waals surface area (Å²) in [4.78, 5) is 38.9. The molecule has 196 valence electrons. The van der Waals surface area contributed by atoms with Gasteiger partial charge in [0.1, 0.15) is 24.5 Å². The second kappa shape index (κ2) is 11.8. The van der Waals surface area contributed by atoms with Crippen LogP contribution in [0, 0.1) is 13.8 Å². The van der Waals surface area contributed by atoms with E-state index >= 15 is 0 Å². The van der Waals surface area contributed by atoms with Crippen LogP contribution in [-0.2, 0) is 9.59 Å². The van der Waals surface area contributed by atoms with Crippen molar-refractivity contribution in [3.63, 3.8) is 0 Å². The lowest BCUT2D eigenvalue weighted by molar-refractivity contribution is -0.122. The van der Waals surface area contributed by atoms with Crippen LogP contribution in [0.3, 0.4) is 0 Å². The van der Waals surface area contributed by atoms with Gasteiger partial charge in [0.25, 0.3) is 11.8 Å². The smallest absolute Gasteiger partial charge is 0.335 e. The third kappa shape index (κ3) is 6.33. The van der Waals surface area contributed by atoms with Gasteiger partial charge >= 0.3 is 6.03 Å². The number of nitrogens with one attached hydrogen (secondary N) is 1. The van der Waals surface area contributed by atoms with Crippen molar-refractivity contribution in [2.75, 3.05) is 24.7 Å². The number of hydrogen-bond donors (Lipinski definition) is 1. The quantitative estimate of drug-likeness (QED) is 0.222. The van der Waals surface area contributed by atoms with Crippen molar-refractivity contribution in [1.29, 1.82) is 0 Å². The van der Waals surface area contributed by atoms with E-state index < -0.39 is 17.8 Å². The molecule has 0 radical (unpaired) electrons. The molecule has 4 amide bonds. The fourth-order valence-corrected chi connectivity index (χ4v) is 4.10. The van der Waals surface area contributed by atoms with Gasteiger partial charge in [-0.25, -0.2) is 9.69 Å². The molecule has 0 unspecified atom stereocenters. The van der Waals surface area contributed by atoms with Crippen molar-refractivity contribution in [3.05, 3.63) is 87.9 Å². The van der Waals surface area contributed by atoms with Crippen LogP contribution in [0.1, 0.15) is 23.6 Å². The molecule has 0 saturated carbocycles. The topological polar surface area (TPSA) is 94.2 Å². The van der Waals surface area contributed by atoms with Crippen molar-refractivity contribution < 1.29 is 28.6 Å². The van der Waals surface area contributed by atoms with Crippen molar-refractivity contribution in [1.82, 2.24) is 5.32 Å². The molecule has 1 N–H and O–H groups in total. The number of urea groups is 1. The maximum Gasteiger partial charge on any atom is 0.335 e. The number of carbonyl (C=O) groups excluding carboxylic acids is 3. The van der Waals surface area contributed by atoms with E-state index in [0.717, 1.165) is 21.8 Å². The lowest BCUT2D eigenvalue weighted by Crippen LogP contribution is -2.54. The summed E-state index contributed by atoms with van der Waals surface area (Å²) in [7, 11) is 0. The molecule has 38 heavy (non-hydrogen) atoms. The maximum atomic E-state index is 13.1. The predicted molar refractivity (Wildman–Crippen MR) is 145 cm³/mol. The van der Waals surface area contributed by atoms with Crippen molar-refractivity contribution in [3.8, 4) is 17.2 Å². The average Bonchev–Trinajstić information content (AvgIpc) is 2.86. The number of nitrogens with zero attached hydrogens (tertiary/aromatic N) is 1. The minimum absolute atomic E-state index is 0.197. The predicted octanol–water partition coefficient (Wildman–Crippen LogP) is 5.48. The van der Waals surface area contributed by atoms with E-state index in [4.69, 9.17) is 25.8 Å². The molecule has 3 aromatic rings. The third-order valence-electron chi connectivity index (χ3n) is 5.57. The Kier molecular flexibility index (Phi) is 8.33. The molecule has 8 nitrogen and oxygen atoms in total. The molecule has 1 heterocycles. The SMILES string of the molecule is CCOc1cc(C=C2C(=O)NC(=O)N(c3ccc(Cl)cc3)C2=O)ccc1OCCOc1cc(C)cc(C)c1. The van der Waals surface area contributed by atoms with Crippen LogP contribution in [0.15, 0.2) is 66.2 Å². The summed E-state index contributed by atoms with van der Waals surface area (Å²) in [6, 6.07) is 16.4. The van der Waals surface area contributed by atoms with Gasteiger partial charge in [-0.05, 0) is 92.1 Å². The molecule has 1 aliphatic rings. The number of ether oxygens (including phenoxy) is 3. The van der Waals surface area contributed by atoms with Crippen molar-refractivity contribution >= 4 is 41.2 Å². The van der Waals surface area contributed by atoms with Gasteiger partial charge < -0.3 is 14.2 Å². The largest absolute Gasteiger partial charge is 0.490 e. The molecule has 1 fully saturated rings. The van der Waals surface area contributed by atoms with Crippen LogP contribution in [0.2, 0.25) is 5.02 Å². The number of benzene rings is 3. The Hall–Kier alpha value is -4.30. The molecule has 1 saturated heterocycles. The first-order valence-corrected chi connectivity index (χ1v) is 12.4. The molecule has 0 bridgehead atoms. The molecule has 0 atom stereocenters. The van der Waals surface area contributed by atoms with Crippen LogP contribution in [0.5, 0.6) is 17.2 Å². The van der Waals surface area contributed by atoms with E-state index in [1.54, 1.807) is 30.3 Å². The fraction of sp³-hybridized carbons (Fsp3) is 0.207. The highest BCUT2D eigenvalue weighted by molar-refractivity contribution is 6.39. The Morgan fingerprint density at radius 3 is 2.21 bits per heavy atom. The van der Waals surface area contributed by atoms with Gasteiger partial charge in [-0.15, -0.1) is 0 Å². The molecule has 0 spiro atoms. The van der Waals surface area contributed by atoms with E-state index in [-0.39, 0.29) is 17.9 Å². The molecular formula is C29H27ClN2O6. The highest BCUT2D eigenvalue weighted by Gasteiger charge is 2.36. The van der Waals surface area contributed by atoms with Gasteiger partial charge in [0, 0.05) is 5.02 Å². The zero-order chi connectivity index (χ0) is 27.2. The lowest BCUT2D eigenvalue weighted by Gasteiger charge is -2.26. The number of barbiturate groups is 1. The molecule has 0 aliphatic carbocycles. The maximum absolute atomic E-state index is 13.1. The molecule has 3 aromatic carbocycles. The summed E-state index contributed by atoms with van der Waals surface area (Å²) >= 11 is 5.92. The zero-order valence-electron chi connectivity index (χ0n) is 21.2. The van der Waals surface area contributed by atoms with E-state index in [2.05, 4.69) is 11.4 Å². The normalized spacial score (nSPS) is 14.5. The third-order valence-corrected chi connectivity index (χ3v) is 5.82. The number of rotatable bonds is 9. The molecule has 4 rings (SSSR count). The molecule has 9 heteroatoms. The lowest BCUT2D eigenvalue weighted by atomic mass is 10.1. The minimum atomic E-state index is -0.832. The second-order valence-electron chi connectivity index (χ2n) is 8.59. The van der Waals surface area contributed by atoms with E-state index in [1.165, 1.54) is 18.2 Å². The molecular weight excluding hydrogens is 508 g/mol. The summed E-state index contributed by atoms with van der Waals surface area (Å²) in [5, 5.41) is 2.66. The highest BCUT2D eigenvalue weighted by Crippen LogP contribution is 2.30. The van der Waals surface area contributed by atoms with E-state index in [0.29, 0.717) is 35.3 Å². The first-order valence-electron chi connectivity index (χ1n) is 12.0. The molecule has 0 aromatic heterocycles. The number of hydrogen-bond acceptors (Lipinski definition) is 6. The van der Waals surface area contributed by atoms with Crippen molar-refractivity contribution in [2.45, 2.75) is 20.8 Å². The van der Waals surface area contributed by atoms with Crippen molar-refractivity contribution in [2.24, 2.45) is 0 Å². The first-order chi connectivity index (χ1) is 18.2. The minimum Gasteiger partial charge on any atom is -0.490 e. The van der Waals surface area contributed by atoms with Gasteiger partial charge in [-0.2, -0.15) is 0 Å². The number of amides is 4. The van der Waals surface area contributed by atoms with Crippen LogP contribution in [0.4, 0.5) is 10.5 Å². The Morgan fingerprint density at radius 2 is 1.53 bits per heavy atom. The zero-order valence-corrected chi connectivity index (χ0v) is 22.0. The van der Waals surface area contributed by atoms with Gasteiger partial charge in [0.15, 0.2) is 11.5 Å². The second-order valence-corrected chi connectivity index (χ2v) is 9.03. The summed E-state index contributed by atoms with van der Waals surface area (Å²) in [5.74, 6) is 0.188. The average molecular weight is 535 g/mol. The van der Waals surface area contributed by atoms with Gasteiger partial charge in [-0.3, -0.25) is 14.9 Å². The Balaban J connectivity index is 1.50. The highest BCUT2D eigenvalue weighted by atomic mass is 35.5. The number of aryl methyl sites for hydroxylation is 2. The Bertz CT molecular complexity index is 1380. The summed E-state index contributed by atoms with van der Waals surface area (Å²) in [6.45, 7) is 6.87. The van der Waals surface area contributed by atoms with Gasteiger partial charge in [0.05, 0.1) is 12.3 Å². The summed E-state index contributed by atoms with van der Waals surface area (Å²) < 4.78 is 17.4. The van der Waals surface area contributed by atoms with E-state index in [9.17, 15) is 14.4 Å². The van der Waals surface area contributed by atoms with Crippen LogP contribution < -0.4 is 24.4 Å². The van der Waals surface area contributed by atoms with Crippen LogP contribution in [0.25, 0.3) is 6.08 Å². The summed E-state index contributed by atoms with van der Waals surface area (Å²) in [6.07, 6.45) is 1.41. The Morgan fingerprint density at radius 1 is 0.842 bits per heavy atom. The van der Waals surface area contributed by atoms with Gasteiger partial charge in [0.2, 0.25) is 0 Å². The number of carbonyl (C=O) groups is 3. The van der Waals surface area contributed by atoms with Crippen LogP contribution in [-0.4, -0.2) is 37.7 Å². The Labute approximate surface area is 225 Å². The number of anilines is 1.